The van der Waals surface area contributed by atoms with Gasteiger partial charge in [-0.3, -0.25) is 14.4 Å². The normalized spacial score (nSPS) is 23.8. The Hall–Kier alpha value is -0.880. The molecule has 0 aromatic carbocycles. The van der Waals surface area contributed by atoms with Gasteiger partial charge in [0.1, 0.15) is 0 Å². The molecule has 1 heterocycles. The van der Waals surface area contributed by atoms with Crippen molar-refractivity contribution in [2.75, 3.05) is 0 Å². The number of nitrogens with zero attached hydrogens (tertiary/aromatic N) is 1. The highest BCUT2D eigenvalue weighted by Crippen LogP contribution is 2.19. The first-order valence-electron chi connectivity index (χ1n) is 4.70. The van der Waals surface area contributed by atoms with Crippen molar-refractivity contribution in [1.29, 1.82) is 0 Å². The standard InChI is InChI=1S/C9H14N2O3S/c1-4(2)7(10)9(14)11-6(12)3-5(15)8(11)13/h4-5,7,15H,3,10H2,1-2H3/t5?,7-/m0/s1. The smallest absolute Gasteiger partial charge is 0.253 e. The lowest BCUT2D eigenvalue weighted by Gasteiger charge is -2.19. The van der Waals surface area contributed by atoms with Crippen molar-refractivity contribution < 1.29 is 14.4 Å². The molecule has 2 atom stereocenters. The number of likely N-dealkylation sites (tertiary alicyclic amines) is 1. The molecule has 0 bridgehead atoms. The van der Waals surface area contributed by atoms with E-state index in [-0.39, 0.29) is 12.3 Å². The summed E-state index contributed by atoms with van der Waals surface area (Å²) in [6, 6.07) is -0.823. The van der Waals surface area contributed by atoms with Gasteiger partial charge in [0.2, 0.25) is 11.8 Å². The highest BCUT2D eigenvalue weighted by atomic mass is 32.1. The molecular formula is C9H14N2O3S. The number of amides is 3. The molecule has 1 unspecified atom stereocenters. The minimum atomic E-state index is -0.823. The molecule has 84 valence electrons. The predicted octanol–water partition coefficient (Wildman–Crippen LogP) is -0.446. The van der Waals surface area contributed by atoms with Crippen molar-refractivity contribution in [1.82, 2.24) is 4.90 Å². The summed E-state index contributed by atoms with van der Waals surface area (Å²) in [5, 5.41) is -0.708. The molecule has 0 spiro atoms. The average Bonchev–Trinajstić information content (AvgIpc) is 2.39. The van der Waals surface area contributed by atoms with Crippen LogP contribution in [0.25, 0.3) is 0 Å². The third-order valence-electron chi connectivity index (χ3n) is 2.35. The summed E-state index contributed by atoms with van der Waals surface area (Å²) in [6.45, 7) is 3.51. The number of imide groups is 3. The summed E-state index contributed by atoms with van der Waals surface area (Å²) in [4.78, 5) is 35.1. The first-order chi connectivity index (χ1) is 6.86. The monoisotopic (exact) mass is 230 g/mol. The molecule has 0 aromatic heterocycles. The molecule has 0 saturated carbocycles. The van der Waals surface area contributed by atoms with Gasteiger partial charge in [-0.2, -0.15) is 12.6 Å². The Bertz CT molecular complexity index is 316. The number of carbonyl (C=O) groups is 3. The number of carbonyl (C=O) groups excluding carboxylic acids is 3. The van der Waals surface area contributed by atoms with Crippen LogP contribution in [0.1, 0.15) is 20.3 Å². The summed E-state index contributed by atoms with van der Waals surface area (Å²) >= 11 is 3.92. The summed E-state index contributed by atoms with van der Waals surface area (Å²) in [6.07, 6.45) is -0.0293. The maximum absolute atomic E-state index is 11.7. The van der Waals surface area contributed by atoms with Crippen LogP contribution in [-0.2, 0) is 14.4 Å². The van der Waals surface area contributed by atoms with E-state index in [1.54, 1.807) is 13.8 Å². The van der Waals surface area contributed by atoms with Crippen LogP contribution in [-0.4, -0.2) is 33.9 Å². The lowest BCUT2D eigenvalue weighted by Crippen LogP contribution is -2.49. The first kappa shape index (κ1) is 12.2. The Labute approximate surface area is 93.4 Å². The maximum atomic E-state index is 11.7. The van der Waals surface area contributed by atoms with E-state index in [4.69, 9.17) is 5.73 Å². The van der Waals surface area contributed by atoms with E-state index < -0.39 is 29.0 Å². The Balaban J connectivity index is 2.85. The van der Waals surface area contributed by atoms with Gasteiger partial charge in [-0.05, 0) is 5.92 Å². The molecule has 2 N–H and O–H groups in total. The van der Waals surface area contributed by atoms with E-state index in [1.807, 2.05) is 0 Å². The molecule has 5 nitrogen and oxygen atoms in total. The molecular weight excluding hydrogens is 216 g/mol. The van der Waals surface area contributed by atoms with E-state index in [9.17, 15) is 14.4 Å². The molecule has 0 aromatic rings. The number of thiol groups is 1. The molecule has 0 radical (unpaired) electrons. The Morgan fingerprint density at radius 1 is 1.53 bits per heavy atom. The summed E-state index contributed by atoms with van der Waals surface area (Å²) < 4.78 is 0. The average molecular weight is 230 g/mol. The van der Waals surface area contributed by atoms with Crippen LogP contribution < -0.4 is 5.73 Å². The van der Waals surface area contributed by atoms with Crippen LogP contribution in [0.4, 0.5) is 0 Å². The molecule has 1 aliphatic heterocycles. The fourth-order valence-corrected chi connectivity index (χ4v) is 1.55. The van der Waals surface area contributed by atoms with E-state index >= 15 is 0 Å². The molecule has 1 fully saturated rings. The minimum Gasteiger partial charge on any atom is -0.320 e. The van der Waals surface area contributed by atoms with Gasteiger partial charge < -0.3 is 5.73 Å². The number of rotatable bonds is 2. The highest BCUT2D eigenvalue weighted by Gasteiger charge is 2.42. The number of hydrogen-bond acceptors (Lipinski definition) is 5. The van der Waals surface area contributed by atoms with Gasteiger partial charge in [0.15, 0.2) is 0 Å². The van der Waals surface area contributed by atoms with Gasteiger partial charge in [0.05, 0.1) is 11.3 Å². The molecule has 0 aliphatic carbocycles. The zero-order valence-electron chi connectivity index (χ0n) is 8.64. The minimum absolute atomic E-state index is 0.0293. The van der Waals surface area contributed by atoms with Crippen LogP contribution in [0, 0.1) is 5.92 Å². The van der Waals surface area contributed by atoms with Crippen molar-refractivity contribution in [3.05, 3.63) is 0 Å². The van der Waals surface area contributed by atoms with E-state index in [0.717, 1.165) is 0 Å². The highest BCUT2D eigenvalue weighted by molar-refractivity contribution is 7.81. The Morgan fingerprint density at radius 2 is 2.07 bits per heavy atom. The third kappa shape index (κ3) is 2.21. The molecule has 1 aliphatic rings. The SMILES string of the molecule is CC(C)[C@H](N)C(=O)N1C(=O)CC(S)C1=O. The van der Waals surface area contributed by atoms with Crippen LogP contribution in [0.5, 0.6) is 0 Å². The van der Waals surface area contributed by atoms with Crippen LogP contribution in [0.2, 0.25) is 0 Å². The molecule has 6 heteroatoms. The maximum Gasteiger partial charge on any atom is 0.253 e. The van der Waals surface area contributed by atoms with Gasteiger partial charge >= 0.3 is 0 Å². The topological polar surface area (TPSA) is 80.5 Å². The predicted molar refractivity (Wildman–Crippen MR) is 57.1 cm³/mol. The van der Waals surface area contributed by atoms with Crippen molar-refractivity contribution in [3.8, 4) is 0 Å². The van der Waals surface area contributed by atoms with Crippen LogP contribution in [0.3, 0.4) is 0 Å². The van der Waals surface area contributed by atoms with E-state index in [0.29, 0.717) is 4.90 Å². The summed E-state index contributed by atoms with van der Waals surface area (Å²) in [5.41, 5.74) is 5.59. The van der Waals surface area contributed by atoms with Gasteiger partial charge in [-0.15, -0.1) is 0 Å². The lowest BCUT2D eigenvalue weighted by atomic mass is 10.0. The van der Waals surface area contributed by atoms with Gasteiger partial charge in [0.25, 0.3) is 5.91 Å². The van der Waals surface area contributed by atoms with Crippen molar-refractivity contribution in [3.63, 3.8) is 0 Å². The van der Waals surface area contributed by atoms with Crippen molar-refractivity contribution in [2.24, 2.45) is 11.7 Å². The second-order valence-corrected chi connectivity index (χ2v) is 4.52. The van der Waals surface area contributed by atoms with Gasteiger partial charge in [-0.25, -0.2) is 4.90 Å². The van der Waals surface area contributed by atoms with Crippen LogP contribution >= 0.6 is 12.6 Å². The zero-order chi connectivity index (χ0) is 11.7. The first-order valence-corrected chi connectivity index (χ1v) is 5.22. The van der Waals surface area contributed by atoms with Crippen LogP contribution in [0.15, 0.2) is 0 Å². The molecule has 1 saturated heterocycles. The van der Waals surface area contributed by atoms with E-state index in [2.05, 4.69) is 12.6 Å². The quantitative estimate of drug-likeness (QED) is 0.497. The Kier molecular flexibility index (Phi) is 3.51. The fraction of sp³-hybridized carbons (Fsp3) is 0.667. The molecule has 15 heavy (non-hydrogen) atoms. The number of hydrogen-bond donors (Lipinski definition) is 2. The van der Waals surface area contributed by atoms with Gasteiger partial charge in [-0.1, -0.05) is 13.8 Å². The van der Waals surface area contributed by atoms with Crippen molar-refractivity contribution >= 4 is 30.4 Å². The largest absolute Gasteiger partial charge is 0.320 e. The zero-order valence-corrected chi connectivity index (χ0v) is 9.53. The second-order valence-electron chi connectivity index (χ2n) is 3.90. The summed E-state index contributed by atoms with van der Waals surface area (Å²) in [7, 11) is 0. The number of nitrogens with two attached hydrogens (primary N) is 1. The van der Waals surface area contributed by atoms with Crippen molar-refractivity contribution in [2.45, 2.75) is 31.6 Å². The lowest BCUT2D eigenvalue weighted by molar-refractivity contribution is -0.150. The van der Waals surface area contributed by atoms with E-state index in [1.165, 1.54) is 0 Å². The molecule has 3 amide bonds. The second kappa shape index (κ2) is 4.32. The van der Waals surface area contributed by atoms with Gasteiger partial charge in [0, 0.05) is 6.42 Å². The Morgan fingerprint density at radius 3 is 2.40 bits per heavy atom. The third-order valence-corrected chi connectivity index (χ3v) is 2.75. The molecule has 1 rings (SSSR count). The summed E-state index contributed by atoms with van der Waals surface area (Å²) in [5.74, 6) is -1.82. The fourth-order valence-electron chi connectivity index (χ4n) is 1.28.